The molecule has 0 unspecified atom stereocenters. The second-order valence-electron chi connectivity index (χ2n) is 7.27. The molecule has 3 rings (SSSR count). The van der Waals surface area contributed by atoms with E-state index in [4.69, 9.17) is 19.9 Å². The monoisotopic (exact) mass is 550 g/mol. The molecule has 0 aliphatic rings. The highest BCUT2D eigenvalue weighted by atomic mass is 19.2. The number of aromatic nitrogens is 3. The van der Waals surface area contributed by atoms with Gasteiger partial charge in [-0.25, -0.2) is 22.0 Å². The fraction of sp³-hybridized carbons (Fsp3) is 0.318. The number of halogens is 7. The maximum absolute atomic E-state index is 14.1. The van der Waals surface area contributed by atoms with E-state index in [1.165, 1.54) is 12.1 Å². The fourth-order valence-electron chi connectivity index (χ4n) is 2.83. The van der Waals surface area contributed by atoms with Crippen LogP contribution in [-0.2, 0) is 16.0 Å². The molecular formula is C22H21F7N6O3. The molecule has 2 aromatic carbocycles. The molecule has 0 bridgehead atoms. The van der Waals surface area contributed by atoms with Gasteiger partial charge in [-0.15, -0.1) is 0 Å². The lowest BCUT2D eigenvalue weighted by Crippen LogP contribution is -2.17. The first kappa shape index (κ1) is 28.8. The summed E-state index contributed by atoms with van der Waals surface area (Å²) in [6.45, 7) is 1.16. The molecule has 1 heterocycles. The summed E-state index contributed by atoms with van der Waals surface area (Å²) in [4.78, 5) is 11.4. The predicted molar refractivity (Wildman–Crippen MR) is 119 cm³/mol. The first-order chi connectivity index (χ1) is 18.2. The molecule has 9 nitrogen and oxygen atoms in total. The van der Waals surface area contributed by atoms with Crippen LogP contribution in [0.3, 0.4) is 0 Å². The highest BCUT2D eigenvalue weighted by Gasteiger charge is 2.28. The van der Waals surface area contributed by atoms with Gasteiger partial charge in [0.15, 0.2) is 11.6 Å². The van der Waals surface area contributed by atoms with Gasteiger partial charge in [-0.05, 0) is 6.07 Å². The second kappa shape index (κ2) is 13.7. The Balaban J connectivity index is 1.78. The quantitative estimate of drug-likeness (QED) is 0.120. The van der Waals surface area contributed by atoms with Gasteiger partial charge in [0.25, 0.3) is 0 Å². The summed E-state index contributed by atoms with van der Waals surface area (Å²) in [5.74, 6) is -15.9. The summed E-state index contributed by atoms with van der Waals surface area (Å²) in [6.07, 6.45) is 0. The van der Waals surface area contributed by atoms with Crippen LogP contribution in [-0.4, -0.2) is 54.5 Å². The Morgan fingerprint density at radius 2 is 1.29 bits per heavy atom. The molecule has 1 aromatic heterocycles. The van der Waals surface area contributed by atoms with Gasteiger partial charge in [-0.1, -0.05) is 12.1 Å². The van der Waals surface area contributed by atoms with Crippen molar-refractivity contribution in [2.45, 2.75) is 6.54 Å². The van der Waals surface area contributed by atoms with Crippen LogP contribution in [0.1, 0.15) is 5.56 Å². The Hall–Kier alpha value is -3.76. The smallest absolute Gasteiger partial charge is 0.328 e. The molecule has 206 valence electrons. The average Bonchev–Trinajstić information content (AvgIpc) is 2.91. The van der Waals surface area contributed by atoms with E-state index in [0.717, 1.165) is 6.07 Å². The number of nitrogens with two attached hydrogens (primary N) is 1. The maximum atomic E-state index is 14.1. The molecule has 38 heavy (non-hydrogen) atoms. The van der Waals surface area contributed by atoms with E-state index in [2.05, 4.69) is 25.6 Å². The number of ether oxygens (including phenoxy) is 3. The van der Waals surface area contributed by atoms with Gasteiger partial charge in [-0.3, -0.25) is 0 Å². The number of nitrogens with zero attached hydrogens (tertiary/aromatic N) is 3. The third-order valence-corrected chi connectivity index (χ3v) is 4.61. The van der Waals surface area contributed by atoms with E-state index >= 15 is 0 Å². The van der Waals surface area contributed by atoms with Crippen molar-refractivity contribution >= 4 is 11.9 Å². The fourth-order valence-corrected chi connectivity index (χ4v) is 2.83. The molecule has 0 fully saturated rings. The molecule has 0 spiro atoms. The number of anilines is 2. The predicted octanol–water partition coefficient (Wildman–Crippen LogP) is 3.65. The van der Waals surface area contributed by atoms with E-state index in [9.17, 15) is 30.7 Å². The van der Waals surface area contributed by atoms with E-state index in [0.29, 0.717) is 19.8 Å². The molecule has 4 N–H and O–H groups in total. The van der Waals surface area contributed by atoms with Crippen LogP contribution in [0.25, 0.3) is 0 Å². The number of rotatable bonds is 14. The second-order valence-corrected chi connectivity index (χ2v) is 7.27. The minimum atomic E-state index is -2.38. The standard InChI is InChI=1S/C22H21F7N6O3/c23-12-3-1-2-11(13(12)24)10-32-21-33-20(31-5-7-37-9-8-36-6-4-30)34-22(35-21)38-19-17(28)15(26)14(25)16(27)18(19)29/h1-3H,4-10,30H2,(H2,31,32,33,34,35). The van der Waals surface area contributed by atoms with Crippen molar-refractivity contribution in [3.05, 3.63) is 64.5 Å². The molecular weight excluding hydrogens is 529 g/mol. The van der Waals surface area contributed by atoms with Crippen molar-refractivity contribution in [3.63, 3.8) is 0 Å². The van der Waals surface area contributed by atoms with Crippen LogP contribution in [0, 0.1) is 40.7 Å². The van der Waals surface area contributed by atoms with Crippen LogP contribution in [0.2, 0.25) is 0 Å². The van der Waals surface area contributed by atoms with Gasteiger partial charge < -0.3 is 30.6 Å². The highest BCUT2D eigenvalue weighted by Crippen LogP contribution is 2.32. The lowest BCUT2D eigenvalue weighted by molar-refractivity contribution is 0.0547. The summed E-state index contributed by atoms with van der Waals surface area (Å²) in [6, 6.07) is 2.57. The Bertz CT molecular complexity index is 1230. The van der Waals surface area contributed by atoms with Crippen molar-refractivity contribution in [1.82, 2.24) is 15.0 Å². The summed E-state index contributed by atoms with van der Waals surface area (Å²) in [5, 5.41) is 5.24. The zero-order valence-corrected chi connectivity index (χ0v) is 19.5. The molecule has 0 radical (unpaired) electrons. The van der Waals surface area contributed by atoms with Crippen molar-refractivity contribution in [3.8, 4) is 11.8 Å². The third-order valence-electron chi connectivity index (χ3n) is 4.61. The molecule has 0 amide bonds. The maximum Gasteiger partial charge on any atom is 0.328 e. The van der Waals surface area contributed by atoms with Crippen LogP contribution >= 0.6 is 0 Å². The molecule has 0 aliphatic heterocycles. The number of benzene rings is 2. The lowest BCUT2D eigenvalue weighted by Gasteiger charge is -2.12. The molecule has 0 aliphatic carbocycles. The van der Waals surface area contributed by atoms with E-state index < -0.39 is 52.5 Å². The molecule has 3 aromatic rings. The summed E-state index contributed by atoms with van der Waals surface area (Å²) in [7, 11) is 0. The van der Waals surface area contributed by atoms with E-state index in [1.54, 1.807) is 0 Å². The minimum Gasteiger partial charge on any atom is -0.418 e. The first-order valence-corrected chi connectivity index (χ1v) is 10.9. The third kappa shape index (κ3) is 7.39. The lowest BCUT2D eigenvalue weighted by atomic mass is 10.2. The molecule has 0 atom stereocenters. The molecule has 0 saturated heterocycles. The summed E-state index contributed by atoms with van der Waals surface area (Å²) >= 11 is 0. The van der Waals surface area contributed by atoms with Gasteiger partial charge in [0.1, 0.15) is 0 Å². The largest absolute Gasteiger partial charge is 0.418 e. The minimum absolute atomic E-state index is 0.0980. The van der Waals surface area contributed by atoms with E-state index in [1.807, 2.05) is 0 Å². The Morgan fingerprint density at radius 1 is 0.684 bits per heavy atom. The van der Waals surface area contributed by atoms with Crippen LogP contribution in [0.4, 0.5) is 42.6 Å². The Kier molecular flexibility index (Phi) is 10.4. The van der Waals surface area contributed by atoms with Gasteiger partial charge in [0, 0.05) is 25.2 Å². The van der Waals surface area contributed by atoms with Gasteiger partial charge in [0.2, 0.25) is 46.7 Å². The van der Waals surface area contributed by atoms with Crippen LogP contribution in [0.5, 0.6) is 11.8 Å². The van der Waals surface area contributed by atoms with Gasteiger partial charge in [-0.2, -0.15) is 23.7 Å². The average molecular weight is 550 g/mol. The topological polar surface area (TPSA) is 116 Å². The first-order valence-electron chi connectivity index (χ1n) is 10.9. The van der Waals surface area contributed by atoms with Crippen LogP contribution in [0.15, 0.2) is 18.2 Å². The Morgan fingerprint density at radius 3 is 1.95 bits per heavy atom. The van der Waals surface area contributed by atoms with Gasteiger partial charge in [0.05, 0.1) is 26.4 Å². The Labute approximate surface area is 211 Å². The zero-order chi connectivity index (χ0) is 27.7. The summed E-state index contributed by atoms with van der Waals surface area (Å²) < 4.78 is 111. The summed E-state index contributed by atoms with van der Waals surface area (Å²) in [5.41, 5.74) is 5.18. The van der Waals surface area contributed by atoms with E-state index in [-0.39, 0.29) is 43.8 Å². The molecule has 0 saturated carbocycles. The van der Waals surface area contributed by atoms with Crippen molar-refractivity contribution < 1.29 is 44.9 Å². The number of hydrogen-bond donors (Lipinski definition) is 3. The van der Waals surface area contributed by atoms with Crippen LogP contribution < -0.4 is 21.1 Å². The highest BCUT2D eigenvalue weighted by molar-refractivity contribution is 5.39. The van der Waals surface area contributed by atoms with Crippen molar-refractivity contribution in [1.29, 1.82) is 0 Å². The van der Waals surface area contributed by atoms with Crippen molar-refractivity contribution in [2.24, 2.45) is 5.73 Å². The van der Waals surface area contributed by atoms with Gasteiger partial charge >= 0.3 is 6.01 Å². The zero-order valence-electron chi connectivity index (χ0n) is 19.5. The number of hydrogen-bond acceptors (Lipinski definition) is 9. The molecule has 16 heteroatoms. The van der Waals surface area contributed by atoms with Crippen molar-refractivity contribution in [2.75, 3.05) is 50.2 Å². The normalized spacial score (nSPS) is 11.1. The SMILES string of the molecule is NCCOCCOCCNc1nc(NCc2cccc(F)c2F)nc(Oc2c(F)c(F)c(F)c(F)c2F)n1. The number of nitrogens with one attached hydrogen (secondary N) is 2.